The van der Waals surface area contributed by atoms with E-state index in [1.165, 1.54) is 0 Å². The van der Waals surface area contributed by atoms with Gasteiger partial charge in [0, 0.05) is 5.56 Å². The van der Waals surface area contributed by atoms with E-state index in [-0.39, 0.29) is 5.71 Å². The summed E-state index contributed by atoms with van der Waals surface area (Å²) in [6.07, 6.45) is 0. The van der Waals surface area contributed by atoms with Crippen molar-refractivity contribution in [2.75, 3.05) is 0 Å². The van der Waals surface area contributed by atoms with Gasteiger partial charge in [-0.1, -0.05) is 18.2 Å². The van der Waals surface area contributed by atoms with E-state index in [9.17, 15) is 9.59 Å². The summed E-state index contributed by atoms with van der Waals surface area (Å²) in [5, 5.41) is 2.09. The Balaban J connectivity index is 2.28. The van der Waals surface area contributed by atoms with Crippen LogP contribution in [0.1, 0.15) is 5.56 Å². The lowest BCUT2D eigenvalue weighted by Gasteiger charge is -2.08. The molecule has 0 radical (unpaired) electrons. The predicted octanol–water partition coefficient (Wildman–Crippen LogP) is 0.812. The molecule has 3 amide bonds. The number of rotatable bonds is 0. The quantitative estimate of drug-likeness (QED) is 0.671. The Hall–Kier alpha value is -2.30. The fraction of sp³-hybridized carbons (Fsp3) is 0. The Bertz CT molecular complexity index is 558. The number of amides is 3. The third-order valence-electron chi connectivity index (χ3n) is 2.26. The van der Waals surface area contributed by atoms with Gasteiger partial charge in [0.2, 0.25) is 0 Å². The first-order chi connectivity index (χ1) is 7.25. The molecule has 72 valence electrons. The highest BCUT2D eigenvalue weighted by Crippen LogP contribution is 2.27. The number of carbonyl (C=O) groups excluding carboxylic acids is 2. The lowest BCUT2D eigenvalue weighted by molar-refractivity contribution is -0.113. The normalized spacial score (nSPS) is 17.6. The second-order valence-electron chi connectivity index (χ2n) is 3.20. The van der Waals surface area contributed by atoms with E-state index in [0.29, 0.717) is 11.4 Å². The van der Waals surface area contributed by atoms with Crippen molar-refractivity contribution in [3.05, 3.63) is 29.8 Å². The maximum Gasteiger partial charge on any atom is 0.348 e. The highest BCUT2D eigenvalue weighted by molar-refractivity contribution is 6.74. The zero-order chi connectivity index (χ0) is 10.4. The standard InChI is InChI=1S/C10H5N3O2/c14-9-8-7(12-10(15)13-9)5-3-1-2-4-6(5)11-8/h1-4H,(H,13,14,15). The maximum absolute atomic E-state index is 11.4. The van der Waals surface area contributed by atoms with Gasteiger partial charge in [-0.2, -0.15) is 4.99 Å². The average molecular weight is 199 g/mol. The molecule has 3 rings (SSSR count). The lowest BCUT2D eigenvalue weighted by atomic mass is 10.1. The first-order valence-electron chi connectivity index (χ1n) is 4.38. The van der Waals surface area contributed by atoms with Crippen LogP contribution in [-0.2, 0) is 4.79 Å². The van der Waals surface area contributed by atoms with Crippen molar-refractivity contribution in [2.45, 2.75) is 0 Å². The van der Waals surface area contributed by atoms with Crippen LogP contribution in [-0.4, -0.2) is 23.4 Å². The smallest absolute Gasteiger partial charge is 0.271 e. The summed E-state index contributed by atoms with van der Waals surface area (Å²) in [4.78, 5) is 30.3. The average Bonchev–Trinajstić information content (AvgIpc) is 2.57. The van der Waals surface area contributed by atoms with Crippen molar-refractivity contribution in [1.82, 2.24) is 5.32 Å². The number of carbonyl (C=O) groups is 2. The number of hydrogen-bond acceptors (Lipinski definition) is 3. The number of hydrogen-bond donors (Lipinski definition) is 1. The molecule has 0 saturated carbocycles. The van der Waals surface area contributed by atoms with Crippen LogP contribution < -0.4 is 5.32 Å². The minimum Gasteiger partial charge on any atom is -0.271 e. The molecule has 2 aliphatic heterocycles. The van der Waals surface area contributed by atoms with Crippen LogP contribution in [0.4, 0.5) is 10.5 Å². The highest BCUT2D eigenvalue weighted by Gasteiger charge is 2.32. The van der Waals surface area contributed by atoms with E-state index < -0.39 is 11.9 Å². The summed E-state index contributed by atoms with van der Waals surface area (Å²) in [6.45, 7) is 0. The third kappa shape index (κ3) is 1.03. The molecular formula is C10H5N3O2. The zero-order valence-electron chi connectivity index (χ0n) is 7.52. The van der Waals surface area contributed by atoms with Crippen molar-refractivity contribution in [3.63, 3.8) is 0 Å². The van der Waals surface area contributed by atoms with Crippen molar-refractivity contribution in [3.8, 4) is 0 Å². The van der Waals surface area contributed by atoms with Gasteiger partial charge in [0.05, 0.1) is 5.69 Å². The predicted molar refractivity (Wildman–Crippen MR) is 53.6 cm³/mol. The van der Waals surface area contributed by atoms with Crippen LogP contribution in [0.25, 0.3) is 0 Å². The fourth-order valence-electron chi connectivity index (χ4n) is 1.63. The number of imide groups is 1. The van der Waals surface area contributed by atoms with E-state index >= 15 is 0 Å². The van der Waals surface area contributed by atoms with Crippen molar-refractivity contribution in [1.29, 1.82) is 0 Å². The second-order valence-corrected chi connectivity index (χ2v) is 3.20. The molecule has 5 nitrogen and oxygen atoms in total. The largest absolute Gasteiger partial charge is 0.348 e. The molecule has 0 saturated heterocycles. The van der Waals surface area contributed by atoms with E-state index in [1.807, 2.05) is 12.1 Å². The molecule has 15 heavy (non-hydrogen) atoms. The van der Waals surface area contributed by atoms with E-state index in [0.717, 1.165) is 5.56 Å². The van der Waals surface area contributed by atoms with E-state index in [2.05, 4.69) is 15.3 Å². The van der Waals surface area contributed by atoms with Crippen LogP contribution in [0, 0.1) is 0 Å². The minimum atomic E-state index is -0.634. The van der Waals surface area contributed by atoms with Crippen LogP contribution in [0.15, 0.2) is 34.3 Å². The number of nitrogens with one attached hydrogen (secondary N) is 1. The Kier molecular flexibility index (Phi) is 1.39. The van der Waals surface area contributed by atoms with Gasteiger partial charge in [0.15, 0.2) is 5.71 Å². The topological polar surface area (TPSA) is 70.9 Å². The fourth-order valence-corrected chi connectivity index (χ4v) is 1.63. The molecule has 1 aromatic rings. The van der Waals surface area contributed by atoms with Gasteiger partial charge in [-0.15, -0.1) is 0 Å². The van der Waals surface area contributed by atoms with Gasteiger partial charge < -0.3 is 0 Å². The van der Waals surface area contributed by atoms with Crippen LogP contribution in [0.3, 0.4) is 0 Å². The minimum absolute atomic E-state index is 0.218. The molecule has 0 atom stereocenters. The Labute approximate surface area is 84.5 Å². The molecule has 0 spiro atoms. The molecule has 0 bridgehead atoms. The van der Waals surface area contributed by atoms with Gasteiger partial charge >= 0.3 is 6.03 Å². The third-order valence-corrected chi connectivity index (χ3v) is 2.26. The summed E-state index contributed by atoms with van der Waals surface area (Å²) in [6, 6.07) is 6.57. The van der Waals surface area contributed by atoms with E-state index in [4.69, 9.17) is 0 Å². The maximum atomic E-state index is 11.4. The highest BCUT2D eigenvalue weighted by atomic mass is 16.2. The van der Waals surface area contributed by atoms with Gasteiger partial charge in [0.1, 0.15) is 5.71 Å². The summed E-state index contributed by atoms with van der Waals surface area (Å²) < 4.78 is 0. The molecule has 5 heteroatoms. The summed E-state index contributed by atoms with van der Waals surface area (Å²) in [5.41, 5.74) is 2.00. The number of aliphatic imine (C=N–C) groups is 2. The monoisotopic (exact) mass is 199 g/mol. The van der Waals surface area contributed by atoms with Gasteiger partial charge in [-0.25, -0.2) is 9.79 Å². The van der Waals surface area contributed by atoms with Gasteiger partial charge in [-0.3, -0.25) is 10.1 Å². The van der Waals surface area contributed by atoms with E-state index in [1.54, 1.807) is 12.1 Å². The first kappa shape index (κ1) is 8.05. The molecule has 0 fully saturated rings. The Morgan fingerprint density at radius 2 is 1.80 bits per heavy atom. The number of para-hydroxylation sites is 1. The summed E-state index contributed by atoms with van der Waals surface area (Å²) >= 11 is 0. The van der Waals surface area contributed by atoms with Crippen LogP contribution in [0.2, 0.25) is 0 Å². The molecule has 0 aromatic heterocycles. The summed E-state index contributed by atoms with van der Waals surface area (Å²) in [7, 11) is 0. The summed E-state index contributed by atoms with van der Waals surface area (Å²) in [5.74, 6) is -0.485. The molecule has 1 N–H and O–H groups in total. The van der Waals surface area contributed by atoms with Gasteiger partial charge in [0.25, 0.3) is 5.91 Å². The van der Waals surface area contributed by atoms with Crippen molar-refractivity contribution >= 4 is 29.0 Å². The zero-order valence-corrected chi connectivity index (χ0v) is 7.52. The van der Waals surface area contributed by atoms with Crippen molar-refractivity contribution < 1.29 is 9.59 Å². The molecule has 0 unspecified atom stereocenters. The van der Waals surface area contributed by atoms with Crippen LogP contribution in [0.5, 0.6) is 0 Å². The molecular weight excluding hydrogens is 194 g/mol. The molecule has 1 aromatic carbocycles. The Morgan fingerprint density at radius 3 is 2.67 bits per heavy atom. The number of nitrogens with zero attached hydrogens (tertiary/aromatic N) is 2. The van der Waals surface area contributed by atoms with Crippen LogP contribution >= 0.6 is 0 Å². The molecule has 0 aliphatic carbocycles. The second kappa shape index (κ2) is 2.60. The SMILES string of the molecule is O=C1N=C2C(=Nc3ccccc32)C(=O)N1. The molecule has 2 aliphatic rings. The molecule has 2 heterocycles. The Morgan fingerprint density at radius 1 is 1.00 bits per heavy atom. The number of urea groups is 1. The lowest BCUT2D eigenvalue weighted by Crippen LogP contribution is -2.42. The number of benzene rings is 1. The first-order valence-corrected chi connectivity index (χ1v) is 4.38. The number of fused-ring (bicyclic) bond motifs is 3. The van der Waals surface area contributed by atoms with Crippen molar-refractivity contribution in [2.24, 2.45) is 9.98 Å². The van der Waals surface area contributed by atoms with Gasteiger partial charge in [-0.05, 0) is 6.07 Å².